The Balaban J connectivity index is 2.01. The van der Waals surface area contributed by atoms with Gasteiger partial charge in [-0.3, -0.25) is 4.79 Å². The fraction of sp³-hybridized carbons (Fsp3) is 0.900. The van der Waals surface area contributed by atoms with Crippen LogP contribution in [0.2, 0.25) is 0 Å². The molecule has 0 aromatic carbocycles. The Morgan fingerprint density at radius 3 is 2.79 bits per heavy atom. The first-order chi connectivity index (χ1) is 6.72. The molecular weight excluding hydrogens is 180 g/mol. The van der Waals surface area contributed by atoms with Crippen LogP contribution in [-0.4, -0.2) is 31.7 Å². The standard InChI is InChI=1S/C10H20N2O2/c1-8(4-5-11)2-3-10(13)12-9-6-14-7-9/h8-9H,2-7,11H2,1H3,(H,12,13). The van der Waals surface area contributed by atoms with Gasteiger partial charge in [-0.1, -0.05) is 6.92 Å². The molecule has 4 heteroatoms. The number of hydrogen-bond donors (Lipinski definition) is 2. The molecule has 3 N–H and O–H groups in total. The highest BCUT2D eigenvalue weighted by Gasteiger charge is 2.20. The van der Waals surface area contributed by atoms with E-state index in [2.05, 4.69) is 12.2 Å². The number of nitrogens with two attached hydrogens (primary N) is 1. The summed E-state index contributed by atoms with van der Waals surface area (Å²) in [6, 6.07) is 0.257. The first-order valence-corrected chi connectivity index (χ1v) is 5.29. The van der Waals surface area contributed by atoms with E-state index in [-0.39, 0.29) is 11.9 Å². The zero-order valence-electron chi connectivity index (χ0n) is 8.79. The van der Waals surface area contributed by atoms with Gasteiger partial charge in [-0.15, -0.1) is 0 Å². The fourth-order valence-corrected chi connectivity index (χ4v) is 1.43. The van der Waals surface area contributed by atoms with Crippen molar-refractivity contribution in [2.75, 3.05) is 19.8 Å². The maximum Gasteiger partial charge on any atom is 0.220 e. The van der Waals surface area contributed by atoms with Crippen LogP contribution < -0.4 is 11.1 Å². The molecule has 1 fully saturated rings. The second-order valence-corrected chi connectivity index (χ2v) is 4.02. The lowest BCUT2D eigenvalue weighted by Crippen LogP contribution is -2.48. The number of ether oxygens (including phenoxy) is 1. The molecule has 1 aliphatic rings. The molecule has 0 aliphatic carbocycles. The molecule has 0 radical (unpaired) electrons. The Kier molecular flexibility index (Phi) is 4.90. The Morgan fingerprint density at radius 1 is 1.57 bits per heavy atom. The largest absolute Gasteiger partial charge is 0.377 e. The summed E-state index contributed by atoms with van der Waals surface area (Å²) in [5.41, 5.74) is 5.43. The maximum absolute atomic E-state index is 11.4. The highest BCUT2D eigenvalue weighted by Crippen LogP contribution is 2.09. The molecular formula is C10H20N2O2. The maximum atomic E-state index is 11.4. The van der Waals surface area contributed by atoms with Gasteiger partial charge in [0.05, 0.1) is 19.3 Å². The molecule has 1 heterocycles. The predicted molar refractivity (Wildman–Crippen MR) is 54.8 cm³/mol. The molecule has 0 spiro atoms. The molecule has 0 saturated carbocycles. The van der Waals surface area contributed by atoms with E-state index in [9.17, 15) is 4.79 Å². The normalized spacial score (nSPS) is 18.7. The van der Waals surface area contributed by atoms with E-state index in [1.165, 1.54) is 0 Å². The topological polar surface area (TPSA) is 64.4 Å². The quantitative estimate of drug-likeness (QED) is 0.646. The van der Waals surface area contributed by atoms with Crippen LogP contribution in [0.15, 0.2) is 0 Å². The van der Waals surface area contributed by atoms with Gasteiger partial charge in [-0.2, -0.15) is 0 Å². The van der Waals surface area contributed by atoms with Crippen LogP contribution in [0.1, 0.15) is 26.2 Å². The number of carbonyl (C=O) groups is 1. The van der Waals surface area contributed by atoms with Gasteiger partial charge in [-0.25, -0.2) is 0 Å². The molecule has 1 saturated heterocycles. The number of nitrogens with one attached hydrogen (secondary N) is 1. The number of amides is 1. The predicted octanol–water partition coefficient (Wildman–Crippen LogP) is 0.267. The molecule has 0 aromatic heterocycles. The number of carbonyl (C=O) groups excluding carboxylic acids is 1. The summed E-state index contributed by atoms with van der Waals surface area (Å²) in [5, 5.41) is 2.92. The van der Waals surface area contributed by atoms with Crippen LogP contribution in [0.4, 0.5) is 0 Å². The summed E-state index contributed by atoms with van der Waals surface area (Å²) >= 11 is 0. The van der Waals surface area contributed by atoms with Crippen molar-refractivity contribution >= 4 is 5.91 Å². The number of hydrogen-bond acceptors (Lipinski definition) is 3. The van der Waals surface area contributed by atoms with E-state index in [4.69, 9.17) is 10.5 Å². The van der Waals surface area contributed by atoms with E-state index in [1.807, 2.05) is 0 Å². The SMILES string of the molecule is CC(CCN)CCC(=O)NC1COC1. The molecule has 0 aromatic rings. The summed E-state index contributed by atoms with van der Waals surface area (Å²) in [5.74, 6) is 0.686. The zero-order chi connectivity index (χ0) is 10.4. The Hall–Kier alpha value is -0.610. The van der Waals surface area contributed by atoms with Crippen LogP contribution in [0.25, 0.3) is 0 Å². The molecule has 1 amide bonds. The summed E-state index contributed by atoms with van der Waals surface area (Å²) in [4.78, 5) is 11.4. The second kappa shape index (κ2) is 5.98. The summed E-state index contributed by atoms with van der Waals surface area (Å²) in [7, 11) is 0. The van der Waals surface area contributed by atoms with Crippen molar-refractivity contribution in [3.8, 4) is 0 Å². The van der Waals surface area contributed by atoms with Crippen molar-refractivity contribution in [3.63, 3.8) is 0 Å². The molecule has 82 valence electrons. The summed E-state index contributed by atoms with van der Waals surface area (Å²) in [6.45, 7) is 4.18. The molecule has 1 aliphatic heterocycles. The van der Waals surface area contributed by atoms with Gasteiger partial charge in [-0.05, 0) is 25.3 Å². The highest BCUT2D eigenvalue weighted by atomic mass is 16.5. The van der Waals surface area contributed by atoms with Crippen LogP contribution in [0.3, 0.4) is 0 Å². The van der Waals surface area contributed by atoms with Gasteiger partial charge in [0.2, 0.25) is 5.91 Å². The van der Waals surface area contributed by atoms with E-state index in [0.29, 0.717) is 32.1 Å². The third kappa shape index (κ3) is 4.07. The van der Waals surface area contributed by atoms with Crippen LogP contribution >= 0.6 is 0 Å². The third-order valence-electron chi connectivity index (χ3n) is 2.53. The minimum absolute atomic E-state index is 0.141. The van der Waals surface area contributed by atoms with Crippen molar-refractivity contribution in [1.29, 1.82) is 0 Å². The van der Waals surface area contributed by atoms with E-state index in [0.717, 1.165) is 12.8 Å². The first kappa shape index (κ1) is 11.5. The molecule has 1 unspecified atom stereocenters. The van der Waals surface area contributed by atoms with Gasteiger partial charge in [0.1, 0.15) is 0 Å². The lowest BCUT2D eigenvalue weighted by Gasteiger charge is -2.26. The van der Waals surface area contributed by atoms with Crippen LogP contribution in [0, 0.1) is 5.92 Å². The molecule has 1 atom stereocenters. The van der Waals surface area contributed by atoms with E-state index >= 15 is 0 Å². The average Bonchev–Trinajstić information content (AvgIpc) is 2.09. The lowest BCUT2D eigenvalue weighted by atomic mass is 10.0. The van der Waals surface area contributed by atoms with Crippen molar-refractivity contribution in [2.45, 2.75) is 32.2 Å². The van der Waals surface area contributed by atoms with Gasteiger partial charge in [0, 0.05) is 6.42 Å². The monoisotopic (exact) mass is 200 g/mol. The summed E-state index contributed by atoms with van der Waals surface area (Å²) < 4.78 is 4.97. The van der Waals surface area contributed by atoms with Gasteiger partial charge in [0.25, 0.3) is 0 Å². The fourth-order valence-electron chi connectivity index (χ4n) is 1.43. The van der Waals surface area contributed by atoms with Crippen LogP contribution in [0.5, 0.6) is 0 Å². The van der Waals surface area contributed by atoms with Crippen molar-refractivity contribution in [3.05, 3.63) is 0 Å². The van der Waals surface area contributed by atoms with Crippen molar-refractivity contribution in [2.24, 2.45) is 11.7 Å². The minimum Gasteiger partial charge on any atom is -0.377 e. The lowest BCUT2D eigenvalue weighted by molar-refractivity contribution is -0.125. The molecule has 14 heavy (non-hydrogen) atoms. The van der Waals surface area contributed by atoms with E-state index in [1.54, 1.807) is 0 Å². The second-order valence-electron chi connectivity index (χ2n) is 4.02. The smallest absolute Gasteiger partial charge is 0.220 e. The number of rotatable bonds is 6. The van der Waals surface area contributed by atoms with Crippen molar-refractivity contribution in [1.82, 2.24) is 5.32 Å². The van der Waals surface area contributed by atoms with Gasteiger partial charge in [0.15, 0.2) is 0 Å². The molecule has 0 bridgehead atoms. The van der Waals surface area contributed by atoms with Gasteiger partial charge >= 0.3 is 0 Å². The third-order valence-corrected chi connectivity index (χ3v) is 2.53. The summed E-state index contributed by atoms with van der Waals surface area (Å²) in [6.07, 6.45) is 2.54. The van der Waals surface area contributed by atoms with Crippen LogP contribution in [-0.2, 0) is 9.53 Å². The first-order valence-electron chi connectivity index (χ1n) is 5.29. The average molecular weight is 200 g/mol. The molecule has 1 rings (SSSR count). The van der Waals surface area contributed by atoms with Crippen molar-refractivity contribution < 1.29 is 9.53 Å². The zero-order valence-corrected chi connectivity index (χ0v) is 8.79. The Labute approximate surface area is 85.2 Å². The molecule has 4 nitrogen and oxygen atoms in total. The highest BCUT2D eigenvalue weighted by molar-refractivity contribution is 5.76. The Morgan fingerprint density at radius 2 is 2.29 bits per heavy atom. The van der Waals surface area contributed by atoms with Gasteiger partial charge < -0.3 is 15.8 Å². The van der Waals surface area contributed by atoms with E-state index < -0.39 is 0 Å². The Bertz CT molecular complexity index is 181. The minimum atomic E-state index is 0.141.